The van der Waals surface area contributed by atoms with Crippen LogP contribution in [0.2, 0.25) is 0 Å². The summed E-state index contributed by atoms with van der Waals surface area (Å²) in [4.78, 5) is 25.8. The number of amides is 1. The van der Waals surface area contributed by atoms with E-state index in [0.717, 1.165) is 6.07 Å². The Labute approximate surface area is 111 Å². The summed E-state index contributed by atoms with van der Waals surface area (Å²) in [5, 5.41) is 23.5. The Kier molecular flexibility index (Phi) is 3.49. The van der Waals surface area contributed by atoms with Gasteiger partial charge in [-0.3, -0.25) is 14.9 Å². The van der Waals surface area contributed by atoms with Crippen molar-refractivity contribution in [3.63, 3.8) is 0 Å². The Hall–Kier alpha value is -2.79. The molecule has 19 heavy (non-hydrogen) atoms. The van der Waals surface area contributed by atoms with E-state index >= 15 is 0 Å². The van der Waals surface area contributed by atoms with Crippen LogP contribution in [0.1, 0.15) is 16.1 Å². The number of rotatable bonds is 3. The van der Waals surface area contributed by atoms with E-state index in [9.17, 15) is 14.9 Å². The molecular formula is C11H6N4O3S. The predicted octanol–water partition coefficient (Wildman–Crippen LogP) is 2.18. The molecule has 94 valence electrons. The van der Waals surface area contributed by atoms with Gasteiger partial charge in [0.05, 0.1) is 22.1 Å². The highest BCUT2D eigenvalue weighted by Crippen LogP contribution is 2.25. The number of nitriles is 1. The number of nitro benzene ring substituents is 1. The standard InChI is InChI=1S/C11H6N4O3S/c12-4-7-1-2-8(10(3-7)15(17)18)14-11(16)9-5-19-6-13-9/h1-3,5-6H,(H,14,16). The minimum Gasteiger partial charge on any atom is -0.315 e. The molecular weight excluding hydrogens is 268 g/mol. The van der Waals surface area contributed by atoms with Crippen LogP contribution in [0.4, 0.5) is 11.4 Å². The smallest absolute Gasteiger partial charge is 0.294 e. The quantitative estimate of drug-likeness (QED) is 0.681. The number of carbonyl (C=O) groups is 1. The third-order valence-electron chi connectivity index (χ3n) is 2.24. The molecule has 0 saturated carbocycles. The summed E-state index contributed by atoms with van der Waals surface area (Å²) in [6, 6.07) is 5.62. The number of benzene rings is 1. The molecule has 0 radical (unpaired) electrons. The third kappa shape index (κ3) is 2.72. The molecule has 0 unspecified atom stereocenters. The van der Waals surface area contributed by atoms with Gasteiger partial charge in [-0.25, -0.2) is 4.98 Å². The maximum Gasteiger partial charge on any atom is 0.294 e. The normalized spacial score (nSPS) is 9.63. The van der Waals surface area contributed by atoms with Crippen molar-refractivity contribution in [1.29, 1.82) is 5.26 Å². The summed E-state index contributed by atoms with van der Waals surface area (Å²) >= 11 is 1.25. The van der Waals surface area contributed by atoms with Crippen LogP contribution in [0, 0.1) is 21.4 Å². The molecule has 2 rings (SSSR count). The molecule has 1 aromatic carbocycles. The van der Waals surface area contributed by atoms with Gasteiger partial charge in [0.1, 0.15) is 11.4 Å². The number of anilines is 1. The molecule has 0 aliphatic rings. The summed E-state index contributed by atoms with van der Waals surface area (Å²) in [7, 11) is 0. The fraction of sp³-hybridized carbons (Fsp3) is 0. The molecule has 2 aromatic rings. The number of aromatic nitrogens is 1. The molecule has 1 N–H and O–H groups in total. The summed E-state index contributed by atoms with van der Waals surface area (Å²) in [5.41, 5.74) is 1.52. The van der Waals surface area contributed by atoms with Crippen molar-refractivity contribution in [2.24, 2.45) is 0 Å². The molecule has 0 atom stereocenters. The van der Waals surface area contributed by atoms with Crippen LogP contribution in [0.3, 0.4) is 0 Å². The molecule has 0 aliphatic heterocycles. The van der Waals surface area contributed by atoms with Gasteiger partial charge in [0.15, 0.2) is 0 Å². The monoisotopic (exact) mass is 274 g/mol. The van der Waals surface area contributed by atoms with Crippen LogP contribution >= 0.6 is 11.3 Å². The predicted molar refractivity (Wildman–Crippen MR) is 67.9 cm³/mol. The number of hydrogen-bond acceptors (Lipinski definition) is 6. The number of thiazole rings is 1. The topological polar surface area (TPSA) is 109 Å². The highest BCUT2D eigenvalue weighted by Gasteiger charge is 2.18. The Bertz CT molecular complexity index is 676. The minimum atomic E-state index is -0.655. The van der Waals surface area contributed by atoms with Crippen molar-refractivity contribution < 1.29 is 9.72 Å². The van der Waals surface area contributed by atoms with Gasteiger partial charge in [-0.1, -0.05) is 0 Å². The van der Waals surface area contributed by atoms with Crippen LogP contribution in [0.25, 0.3) is 0 Å². The van der Waals surface area contributed by atoms with Crippen LogP contribution < -0.4 is 5.32 Å². The van der Waals surface area contributed by atoms with Crippen molar-refractivity contribution in [2.75, 3.05) is 5.32 Å². The molecule has 1 aromatic heterocycles. The number of nitrogens with one attached hydrogen (secondary N) is 1. The van der Waals surface area contributed by atoms with E-state index in [1.807, 2.05) is 0 Å². The van der Waals surface area contributed by atoms with Gasteiger partial charge < -0.3 is 5.32 Å². The number of carbonyl (C=O) groups excluding carboxylic acids is 1. The zero-order chi connectivity index (χ0) is 13.8. The second-order valence-electron chi connectivity index (χ2n) is 3.43. The first-order chi connectivity index (χ1) is 9.11. The molecule has 8 heteroatoms. The lowest BCUT2D eigenvalue weighted by Crippen LogP contribution is -2.13. The Balaban J connectivity index is 2.33. The Morgan fingerprint density at radius 1 is 1.53 bits per heavy atom. The summed E-state index contributed by atoms with van der Waals surface area (Å²) in [5.74, 6) is -0.533. The molecule has 0 fully saturated rings. The van der Waals surface area contributed by atoms with Crippen molar-refractivity contribution >= 4 is 28.6 Å². The van der Waals surface area contributed by atoms with Gasteiger partial charge >= 0.3 is 0 Å². The summed E-state index contributed by atoms with van der Waals surface area (Å²) in [6.45, 7) is 0. The number of hydrogen-bond donors (Lipinski definition) is 1. The average molecular weight is 274 g/mol. The molecule has 7 nitrogen and oxygen atoms in total. The Morgan fingerprint density at radius 3 is 2.89 bits per heavy atom. The van der Waals surface area contributed by atoms with Crippen molar-refractivity contribution in [2.45, 2.75) is 0 Å². The lowest BCUT2D eigenvalue weighted by atomic mass is 10.2. The lowest BCUT2D eigenvalue weighted by molar-refractivity contribution is -0.383. The van der Waals surface area contributed by atoms with Crippen molar-refractivity contribution in [1.82, 2.24) is 4.98 Å². The zero-order valence-electron chi connectivity index (χ0n) is 9.36. The maximum atomic E-state index is 11.7. The SMILES string of the molecule is N#Cc1ccc(NC(=O)c2cscn2)c([N+](=O)[O-])c1. The van der Waals surface area contributed by atoms with Gasteiger partial charge in [-0.05, 0) is 12.1 Å². The van der Waals surface area contributed by atoms with Gasteiger partial charge in [-0.2, -0.15) is 5.26 Å². The Morgan fingerprint density at radius 2 is 2.32 bits per heavy atom. The van der Waals surface area contributed by atoms with Crippen LogP contribution in [-0.2, 0) is 0 Å². The van der Waals surface area contributed by atoms with E-state index in [4.69, 9.17) is 5.26 Å². The van der Waals surface area contributed by atoms with E-state index < -0.39 is 10.8 Å². The molecule has 1 heterocycles. The van der Waals surface area contributed by atoms with Gasteiger partial charge in [-0.15, -0.1) is 11.3 Å². The highest BCUT2D eigenvalue weighted by atomic mass is 32.1. The number of nitrogens with zero attached hydrogens (tertiary/aromatic N) is 3. The maximum absolute atomic E-state index is 11.7. The molecule has 0 spiro atoms. The fourth-order valence-corrected chi connectivity index (χ4v) is 1.90. The van der Waals surface area contributed by atoms with Gasteiger partial charge in [0, 0.05) is 11.4 Å². The zero-order valence-corrected chi connectivity index (χ0v) is 10.2. The average Bonchev–Trinajstić information content (AvgIpc) is 2.92. The van der Waals surface area contributed by atoms with Gasteiger partial charge in [0.2, 0.25) is 0 Å². The number of nitro groups is 1. The minimum absolute atomic E-state index is 0.0296. The van der Waals surface area contributed by atoms with Crippen molar-refractivity contribution in [3.8, 4) is 6.07 Å². The third-order valence-corrected chi connectivity index (χ3v) is 2.82. The van der Waals surface area contributed by atoms with E-state index in [0.29, 0.717) is 0 Å². The van der Waals surface area contributed by atoms with Crippen LogP contribution in [0.15, 0.2) is 29.1 Å². The molecule has 0 aliphatic carbocycles. The lowest BCUT2D eigenvalue weighted by Gasteiger charge is -2.04. The van der Waals surface area contributed by atoms with E-state index in [1.54, 1.807) is 6.07 Å². The first-order valence-corrected chi connectivity index (χ1v) is 5.94. The molecule has 0 bridgehead atoms. The fourth-order valence-electron chi connectivity index (χ4n) is 1.37. The first-order valence-electron chi connectivity index (χ1n) is 5.00. The second kappa shape index (κ2) is 5.24. The summed E-state index contributed by atoms with van der Waals surface area (Å²) < 4.78 is 0. The van der Waals surface area contributed by atoms with Crippen LogP contribution in [0.5, 0.6) is 0 Å². The highest BCUT2D eigenvalue weighted by molar-refractivity contribution is 7.07. The molecule has 0 saturated heterocycles. The molecule has 1 amide bonds. The van der Waals surface area contributed by atoms with E-state index in [-0.39, 0.29) is 22.6 Å². The summed E-state index contributed by atoms with van der Waals surface area (Å²) in [6.07, 6.45) is 0. The van der Waals surface area contributed by atoms with E-state index in [1.165, 1.54) is 34.4 Å². The second-order valence-corrected chi connectivity index (χ2v) is 4.15. The van der Waals surface area contributed by atoms with E-state index in [2.05, 4.69) is 10.3 Å². The van der Waals surface area contributed by atoms with Gasteiger partial charge in [0.25, 0.3) is 11.6 Å². The first kappa shape index (κ1) is 12.7. The largest absolute Gasteiger partial charge is 0.315 e. The van der Waals surface area contributed by atoms with Crippen molar-refractivity contribution in [3.05, 3.63) is 50.5 Å². The van der Waals surface area contributed by atoms with Crippen LogP contribution in [-0.4, -0.2) is 15.8 Å².